The second-order valence-corrected chi connectivity index (χ2v) is 7.40. The molecule has 0 heterocycles. The van der Waals surface area contributed by atoms with Gasteiger partial charge in [-0.05, 0) is 30.2 Å². The van der Waals surface area contributed by atoms with Crippen molar-refractivity contribution >= 4 is 12.0 Å². The van der Waals surface area contributed by atoms with Crippen molar-refractivity contribution in [3.8, 4) is 0 Å². The molecule has 1 aromatic rings. The van der Waals surface area contributed by atoms with Gasteiger partial charge in [0.15, 0.2) is 0 Å². The number of urea groups is 1. The molecule has 6 heteroatoms. The Morgan fingerprint density at radius 3 is 2.15 bits per heavy atom. The molecule has 2 amide bonds. The molecule has 0 spiro atoms. The first-order valence-corrected chi connectivity index (χ1v) is 9.20. The number of ether oxygens (including phenoxy) is 1. The van der Waals surface area contributed by atoms with Gasteiger partial charge in [-0.15, -0.1) is 0 Å². The average molecular weight is 364 g/mol. The highest BCUT2D eigenvalue weighted by Crippen LogP contribution is 2.09. The molecule has 26 heavy (non-hydrogen) atoms. The zero-order chi connectivity index (χ0) is 19.5. The van der Waals surface area contributed by atoms with E-state index in [0.29, 0.717) is 18.8 Å². The highest BCUT2D eigenvalue weighted by atomic mass is 16.5. The smallest absolute Gasteiger partial charge is 0.329 e. The topological polar surface area (TPSA) is 87.7 Å². The van der Waals surface area contributed by atoms with E-state index < -0.39 is 18.0 Å². The van der Waals surface area contributed by atoms with Gasteiger partial charge in [-0.2, -0.15) is 0 Å². The summed E-state index contributed by atoms with van der Waals surface area (Å²) in [5.74, 6) is 0.103. The van der Waals surface area contributed by atoms with Crippen LogP contribution in [0, 0.1) is 11.8 Å². The summed E-state index contributed by atoms with van der Waals surface area (Å²) in [4.78, 5) is 24.6. The first-order chi connectivity index (χ1) is 12.3. The maximum absolute atomic E-state index is 12.4. The Hall–Kier alpha value is -2.08. The summed E-state index contributed by atoms with van der Waals surface area (Å²) in [6.07, 6.45) is 1.15. The largest absolute Gasteiger partial charge is 0.459 e. The van der Waals surface area contributed by atoms with Crippen molar-refractivity contribution in [2.45, 2.75) is 59.2 Å². The van der Waals surface area contributed by atoms with E-state index >= 15 is 0 Å². The molecule has 0 saturated heterocycles. The van der Waals surface area contributed by atoms with Crippen LogP contribution >= 0.6 is 0 Å². The zero-order valence-corrected chi connectivity index (χ0v) is 16.2. The Morgan fingerprint density at radius 1 is 1.00 bits per heavy atom. The zero-order valence-electron chi connectivity index (χ0n) is 16.2. The number of aliphatic hydroxyl groups is 1. The molecule has 6 nitrogen and oxygen atoms in total. The van der Waals surface area contributed by atoms with Crippen LogP contribution in [0.25, 0.3) is 0 Å². The Labute approximate surface area is 156 Å². The van der Waals surface area contributed by atoms with Crippen LogP contribution in [-0.2, 0) is 16.1 Å². The van der Waals surface area contributed by atoms with Crippen molar-refractivity contribution in [2.75, 3.05) is 6.61 Å². The molecule has 0 radical (unpaired) electrons. The molecule has 0 saturated carbocycles. The first-order valence-electron chi connectivity index (χ1n) is 9.20. The summed E-state index contributed by atoms with van der Waals surface area (Å²) in [5, 5.41) is 14.8. The lowest BCUT2D eigenvalue weighted by molar-refractivity contribution is -0.147. The molecular weight excluding hydrogens is 332 g/mol. The molecule has 2 atom stereocenters. The number of nitrogens with one attached hydrogen (secondary N) is 2. The second-order valence-electron chi connectivity index (χ2n) is 7.40. The van der Waals surface area contributed by atoms with Crippen molar-refractivity contribution in [1.82, 2.24) is 10.6 Å². The van der Waals surface area contributed by atoms with Crippen molar-refractivity contribution in [1.29, 1.82) is 0 Å². The normalized spacial score (nSPS) is 13.3. The Balaban J connectivity index is 2.61. The quantitative estimate of drug-likeness (QED) is 0.557. The minimum absolute atomic E-state index is 0.140. The van der Waals surface area contributed by atoms with Gasteiger partial charge in [0.05, 0.1) is 12.6 Å². The lowest BCUT2D eigenvalue weighted by Gasteiger charge is -2.23. The number of hydrogen-bond donors (Lipinski definition) is 3. The van der Waals surface area contributed by atoms with E-state index in [1.165, 1.54) is 0 Å². The number of rotatable bonds is 10. The van der Waals surface area contributed by atoms with Crippen LogP contribution in [0.5, 0.6) is 0 Å². The third-order valence-electron chi connectivity index (χ3n) is 3.83. The fourth-order valence-corrected chi connectivity index (χ4v) is 2.65. The van der Waals surface area contributed by atoms with E-state index in [4.69, 9.17) is 4.74 Å². The fraction of sp³-hybridized carbons (Fsp3) is 0.600. The minimum Gasteiger partial charge on any atom is -0.459 e. The van der Waals surface area contributed by atoms with Crippen LogP contribution in [0.1, 0.15) is 46.1 Å². The van der Waals surface area contributed by atoms with E-state index in [1.807, 2.05) is 58.0 Å². The van der Waals surface area contributed by atoms with Crippen LogP contribution in [0.3, 0.4) is 0 Å². The molecular formula is C20H32N2O4. The summed E-state index contributed by atoms with van der Waals surface area (Å²) in [6, 6.07) is 7.88. The minimum atomic E-state index is -0.725. The van der Waals surface area contributed by atoms with Crippen molar-refractivity contribution in [3.63, 3.8) is 0 Å². The van der Waals surface area contributed by atoms with Gasteiger partial charge in [0, 0.05) is 0 Å². The van der Waals surface area contributed by atoms with Gasteiger partial charge in [-0.3, -0.25) is 0 Å². The summed E-state index contributed by atoms with van der Waals surface area (Å²) < 4.78 is 5.36. The van der Waals surface area contributed by atoms with Crippen LogP contribution in [0.2, 0.25) is 0 Å². The van der Waals surface area contributed by atoms with Gasteiger partial charge in [0.25, 0.3) is 0 Å². The fourth-order valence-electron chi connectivity index (χ4n) is 2.65. The third kappa shape index (κ3) is 8.85. The summed E-state index contributed by atoms with van der Waals surface area (Å²) in [5.41, 5.74) is 0.894. The Kier molecular flexibility index (Phi) is 9.73. The molecule has 1 aromatic carbocycles. The van der Waals surface area contributed by atoms with Crippen molar-refractivity contribution < 1.29 is 19.4 Å². The third-order valence-corrected chi connectivity index (χ3v) is 3.83. The van der Waals surface area contributed by atoms with Gasteiger partial charge in [0.2, 0.25) is 0 Å². The number of carbonyl (C=O) groups excluding carboxylic acids is 2. The Bertz CT molecular complexity index is 546. The molecule has 0 aliphatic heterocycles. The van der Waals surface area contributed by atoms with E-state index in [9.17, 15) is 14.7 Å². The van der Waals surface area contributed by atoms with Crippen LogP contribution in [0.4, 0.5) is 4.79 Å². The van der Waals surface area contributed by atoms with Gasteiger partial charge < -0.3 is 20.5 Å². The number of benzene rings is 1. The average Bonchev–Trinajstić information content (AvgIpc) is 2.58. The molecule has 0 aliphatic carbocycles. The standard InChI is InChI=1S/C20H32N2O4/c1-14(2)10-17(12-23)21-20(25)22-18(11-15(3)4)19(24)26-13-16-8-6-5-7-9-16/h5-9,14-15,17-18,23H,10-13H2,1-4H3,(H2,21,22,25)/t17-,18-/m0/s1. The molecule has 3 N–H and O–H groups in total. The lowest BCUT2D eigenvalue weighted by Crippen LogP contribution is -2.51. The predicted molar refractivity (Wildman–Crippen MR) is 101 cm³/mol. The summed E-state index contributed by atoms with van der Waals surface area (Å²) >= 11 is 0. The van der Waals surface area contributed by atoms with Crippen LogP contribution in [0.15, 0.2) is 30.3 Å². The SMILES string of the molecule is CC(C)C[C@@H](CO)NC(=O)N[C@@H](CC(C)C)C(=O)OCc1ccccc1. The van der Waals surface area contributed by atoms with E-state index in [-0.39, 0.29) is 25.2 Å². The molecule has 0 bridgehead atoms. The molecule has 146 valence electrons. The number of aliphatic hydroxyl groups excluding tert-OH is 1. The second kappa shape index (κ2) is 11.5. The number of carbonyl (C=O) groups is 2. The molecule has 0 aromatic heterocycles. The summed E-state index contributed by atoms with van der Waals surface area (Å²) in [6.45, 7) is 8.03. The van der Waals surface area contributed by atoms with E-state index in [2.05, 4.69) is 10.6 Å². The van der Waals surface area contributed by atoms with Gasteiger partial charge in [0.1, 0.15) is 12.6 Å². The number of hydrogen-bond acceptors (Lipinski definition) is 4. The monoisotopic (exact) mass is 364 g/mol. The van der Waals surface area contributed by atoms with E-state index in [1.54, 1.807) is 0 Å². The maximum Gasteiger partial charge on any atom is 0.329 e. The van der Waals surface area contributed by atoms with Crippen LogP contribution in [-0.4, -0.2) is 35.8 Å². The maximum atomic E-state index is 12.4. The van der Waals surface area contributed by atoms with Gasteiger partial charge >= 0.3 is 12.0 Å². The molecule has 0 aliphatic rings. The number of esters is 1. The van der Waals surface area contributed by atoms with Gasteiger partial charge in [-0.1, -0.05) is 58.0 Å². The predicted octanol–water partition coefficient (Wildman–Crippen LogP) is 2.85. The lowest BCUT2D eigenvalue weighted by atomic mass is 10.0. The first kappa shape index (κ1) is 22.0. The van der Waals surface area contributed by atoms with E-state index in [0.717, 1.165) is 5.56 Å². The molecule has 0 unspecified atom stereocenters. The highest BCUT2D eigenvalue weighted by Gasteiger charge is 2.24. The van der Waals surface area contributed by atoms with Crippen molar-refractivity contribution in [3.05, 3.63) is 35.9 Å². The summed E-state index contributed by atoms with van der Waals surface area (Å²) in [7, 11) is 0. The van der Waals surface area contributed by atoms with Gasteiger partial charge in [-0.25, -0.2) is 9.59 Å². The molecule has 1 rings (SSSR count). The van der Waals surface area contributed by atoms with Crippen LogP contribution < -0.4 is 10.6 Å². The number of amides is 2. The highest BCUT2D eigenvalue weighted by molar-refractivity contribution is 5.83. The van der Waals surface area contributed by atoms with Crippen molar-refractivity contribution in [2.24, 2.45) is 11.8 Å². The molecule has 0 fully saturated rings. The Morgan fingerprint density at radius 2 is 1.62 bits per heavy atom.